The van der Waals surface area contributed by atoms with Crippen molar-refractivity contribution in [2.24, 2.45) is 5.10 Å². The molecule has 0 heterocycles. The lowest BCUT2D eigenvalue weighted by Crippen LogP contribution is -2.17. The van der Waals surface area contributed by atoms with Crippen LogP contribution in [0.15, 0.2) is 41.5 Å². The number of methoxy groups -OCH3 is 2. The number of halogens is 1. The number of carboxylic acid groups (broad SMARTS) is 1. The van der Waals surface area contributed by atoms with Crippen molar-refractivity contribution in [3.05, 3.63) is 51.1 Å². The van der Waals surface area contributed by atoms with Crippen molar-refractivity contribution in [2.45, 2.75) is 0 Å². The zero-order valence-corrected chi connectivity index (χ0v) is 16.7. The van der Waals surface area contributed by atoms with E-state index in [2.05, 4.69) is 33.1 Å². The molecule has 0 unspecified atom stereocenters. The van der Waals surface area contributed by atoms with Crippen LogP contribution in [-0.4, -0.2) is 44.0 Å². The number of hydrazone groups is 1. The molecule has 0 fully saturated rings. The maximum Gasteiger partial charge on any atom is 0.341 e. The van der Waals surface area contributed by atoms with E-state index in [1.54, 1.807) is 36.4 Å². The molecule has 0 saturated carbocycles. The highest BCUT2D eigenvalue weighted by Crippen LogP contribution is 2.27. The normalized spacial score (nSPS) is 10.5. The standard InChI is InChI=1S/C18H17IN2O6/c1-25-15-8-12(4-5-13(15)19)18(24)21-20-9-11-3-6-14(16(7-11)26-2)27-10-17(22)23/h3-9H,10H2,1-2H3,(H,21,24)(H,22,23)/b20-9-. The molecule has 0 aliphatic rings. The molecule has 0 radical (unpaired) electrons. The Morgan fingerprint density at radius 2 is 1.85 bits per heavy atom. The molecule has 2 N–H and O–H groups in total. The summed E-state index contributed by atoms with van der Waals surface area (Å²) in [5.41, 5.74) is 3.48. The summed E-state index contributed by atoms with van der Waals surface area (Å²) in [6.07, 6.45) is 1.44. The molecule has 2 rings (SSSR count). The van der Waals surface area contributed by atoms with Crippen molar-refractivity contribution in [3.8, 4) is 17.2 Å². The zero-order chi connectivity index (χ0) is 19.8. The summed E-state index contributed by atoms with van der Waals surface area (Å²) in [4.78, 5) is 22.7. The van der Waals surface area contributed by atoms with Gasteiger partial charge in [0.25, 0.3) is 5.91 Å². The summed E-state index contributed by atoms with van der Waals surface area (Å²) in [6, 6.07) is 9.91. The van der Waals surface area contributed by atoms with Crippen molar-refractivity contribution >= 4 is 40.7 Å². The maximum atomic E-state index is 12.2. The lowest BCUT2D eigenvalue weighted by atomic mass is 10.2. The van der Waals surface area contributed by atoms with Crippen LogP contribution in [0.2, 0.25) is 0 Å². The van der Waals surface area contributed by atoms with Gasteiger partial charge in [-0.15, -0.1) is 0 Å². The first-order valence-electron chi connectivity index (χ1n) is 7.64. The molecule has 9 heteroatoms. The number of aliphatic carboxylic acids is 1. The molecule has 0 aromatic heterocycles. The predicted molar refractivity (Wildman–Crippen MR) is 107 cm³/mol. The van der Waals surface area contributed by atoms with Crippen LogP contribution in [0.4, 0.5) is 0 Å². The van der Waals surface area contributed by atoms with E-state index in [4.69, 9.17) is 19.3 Å². The Hall–Kier alpha value is -2.82. The number of benzene rings is 2. The van der Waals surface area contributed by atoms with Crippen LogP contribution in [0.1, 0.15) is 15.9 Å². The van der Waals surface area contributed by atoms with Gasteiger partial charge in [0.15, 0.2) is 18.1 Å². The molecule has 1 amide bonds. The number of carboxylic acids is 1. The van der Waals surface area contributed by atoms with Gasteiger partial charge in [-0.1, -0.05) is 0 Å². The van der Waals surface area contributed by atoms with E-state index < -0.39 is 12.6 Å². The molecule has 0 aliphatic heterocycles. The van der Waals surface area contributed by atoms with Crippen LogP contribution in [-0.2, 0) is 4.79 Å². The summed E-state index contributed by atoms with van der Waals surface area (Å²) in [7, 11) is 2.98. The summed E-state index contributed by atoms with van der Waals surface area (Å²) >= 11 is 2.11. The Labute approximate surface area is 169 Å². The van der Waals surface area contributed by atoms with Gasteiger partial charge >= 0.3 is 5.97 Å². The van der Waals surface area contributed by atoms with E-state index in [1.807, 2.05) is 0 Å². The summed E-state index contributed by atoms with van der Waals surface area (Å²) in [6.45, 7) is -0.473. The highest BCUT2D eigenvalue weighted by molar-refractivity contribution is 14.1. The second-order valence-electron chi connectivity index (χ2n) is 5.14. The van der Waals surface area contributed by atoms with Gasteiger partial charge in [0.05, 0.1) is 24.0 Å². The van der Waals surface area contributed by atoms with E-state index in [1.165, 1.54) is 20.4 Å². The van der Waals surface area contributed by atoms with E-state index in [0.717, 1.165) is 3.57 Å². The third-order valence-electron chi connectivity index (χ3n) is 3.33. The lowest BCUT2D eigenvalue weighted by Gasteiger charge is -2.09. The topological polar surface area (TPSA) is 106 Å². The zero-order valence-electron chi connectivity index (χ0n) is 14.6. The van der Waals surface area contributed by atoms with Crippen LogP contribution in [0.25, 0.3) is 0 Å². The van der Waals surface area contributed by atoms with Crippen molar-refractivity contribution in [1.82, 2.24) is 5.43 Å². The minimum Gasteiger partial charge on any atom is -0.496 e. The van der Waals surface area contributed by atoms with Crippen molar-refractivity contribution in [2.75, 3.05) is 20.8 Å². The number of amides is 1. The molecule has 0 saturated heterocycles. The molecule has 0 atom stereocenters. The average molecular weight is 484 g/mol. The number of hydrogen-bond donors (Lipinski definition) is 2. The average Bonchev–Trinajstić information content (AvgIpc) is 2.66. The van der Waals surface area contributed by atoms with Crippen LogP contribution in [0, 0.1) is 3.57 Å². The van der Waals surface area contributed by atoms with Crippen LogP contribution < -0.4 is 19.6 Å². The van der Waals surface area contributed by atoms with Gasteiger partial charge in [0, 0.05) is 5.56 Å². The number of nitrogens with one attached hydrogen (secondary N) is 1. The molecule has 8 nitrogen and oxygen atoms in total. The minimum atomic E-state index is -1.09. The number of rotatable bonds is 8. The molecule has 142 valence electrons. The van der Waals surface area contributed by atoms with Gasteiger partial charge in [-0.05, 0) is 64.6 Å². The quantitative estimate of drug-likeness (QED) is 0.339. The molecule has 2 aromatic rings. The third-order valence-corrected chi connectivity index (χ3v) is 4.22. The van der Waals surface area contributed by atoms with Gasteiger partial charge in [-0.25, -0.2) is 10.2 Å². The monoisotopic (exact) mass is 484 g/mol. The second-order valence-corrected chi connectivity index (χ2v) is 6.30. The molecule has 0 spiro atoms. The Balaban J connectivity index is 2.05. The molecule has 2 aromatic carbocycles. The summed E-state index contributed by atoms with van der Waals surface area (Å²) in [5, 5.41) is 12.6. The summed E-state index contributed by atoms with van der Waals surface area (Å²) < 4.78 is 16.4. The number of hydrogen-bond acceptors (Lipinski definition) is 6. The first-order valence-corrected chi connectivity index (χ1v) is 8.72. The molecular formula is C18H17IN2O6. The maximum absolute atomic E-state index is 12.2. The number of nitrogens with zero attached hydrogens (tertiary/aromatic N) is 1. The Morgan fingerprint density at radius 3 is 2.52 bits per heavy atom. The number of ether oxygens (including phenoxy) is 3. The fraction of sp³-hybridized carbons (Fsp3) is 0.167. The van der Waals surface area contributed by atoms with Crippen LogP contribution >= 0.6 is 22.6 Å². The Bertz CT molecular complexity index is 869. The lowest BCUT2D eigenvalue weighted by molar-refractivity contribution is -0.139. The van der Waals surface area contributed by atoms with E-state index in [9.17, 15) is 9.59 Å². The van der Waals surface area contributed by atoms with Gasteiger partial charge in [-0.3, -0.25) is 4.79 Å². The minimum absolute atomic E-state index is 0.298. The van der Waals surface area contributed by atoms with E-state index >= 15 is 0 Å². The fourth-order valence-corrected chi connectivity index (χ4v) is 2.61. The van der Waals surface area contributed by atoms with Gasteiger partial charge in [0.2, 0.25) is 0 Å². The predicted octanol–water partition coefficient (Wildman–Crippen LogP) is 2.54. The van der Waals surface area contributed by atoms with Crippen molar-refractivity contribution in [3.63, 3.8) is 0 Å². The second kappa shape index (κ2) is 9.76. The van der Waals surface area contributed by atoms with Gasteiger partial charge in [0.1, 0.15) is 5.75 Å². The Kier molecular flexibility index (Phi) is 7.41. The SMILES string of the molecule is COc1cc(C(=O)N/N=C\c2ccc(OCC(=O)O)c(OC)c2)ccc1I. The first-order chi connectivity index (χ1) is 12.9. The summed E-state index contributed by atoms with van der Waals surface area (Å²) in [5.74, 6) is -0.207. The highest BCUT2D eigenvalue weighted by Gasteiger charge is 2.09. The molecule has 27 heavy (non-hydrogen) atoms. The third kappa shape index (κ3) is 5.84. The highest BCUT2D eigenvalue weighted by atomic mass is 127. The van der Waals surface area contributed by atoms with Crippen LogP contribution in [0.3, 0.4) is 0 Å². The largest absolute Gasteiger partial charge is 0.496 e. The molecular weight excluding hydrogens is 467 g/mol. The smallest absolute Gasteiger partial charge is 0.341 e. The van der Waals surface area contributed by atoms with E-state index in [0.29, 0.717) is 28.4 Å². The molecule has 0 bridgehead atoms. The van der Waals surface area contributed by atoms with Gasteiger partial charge < -0.3 is 19.3 Å². The molecule has 0 aliphatic carbocycles. The first kappa shape index (κ1) is 20.5. The van der Waals surface area contributed by atoms with Crippen molar-refractivity contribution < 1.29 is 28.9 Å². The fourth-order valence-electron chi connectivity index (χ4n) is 2.05. The van der Waals surface area contributed by atoms with Crippen LogP contribution in [0.5, 0.6) is 17.2 Å². The number of carbonyl (C=O) groups is 2. The number of carbonyl (C=O) groups excluding carboxylic acids is 1. The van der Waals surface area contributed by atoms with Gasteiger partial charge in [-0.2, -0.15) is 5.10 Å². The van der Waals surface area contributed by atoms with Crippen molar-refractivity contribution in [1.29, 1.82) is 0 Å². The van der Waals surface area contributed by atoms with E-state index in [-0.39, 0.29) is 5.91 Å². The Morgan fingerprint density at radius 1 is 1.11 bits per heavy atom.